The van der Waals surface area contributed by atoms with Crippen molar-refractivity contribution in [3.05, 3.63) is 71.3 Å². The Labute approximate surface area is 114 Å². The van der Waals surface area contributed by atoms with Gasteiger partial charge in [0.05, 0.1) is 6.10 Å². The number of hydrogen-bond donors (Lipinski definition) is 1. The highest BCUT2D eigenvalue weighted by Crippen LogP contribution is 2.51. The molecule has 0 saturated heterocycles. The number of aliphatic hydroxyl groups excluding tert-OH is 1. The average Bonchev–Trinajstić information content (AvgIpc) is 3.24. The summed E-state index contributed by atoms with van der Waals surface area (Å²) in [7, 11) is 0. The second-order valence-electron chi connectivity index (χ2n) is 5.67. The van der Waals surface area contributed by atoms with Gasteiger partial charge in [-0.3, -0.25) is 0 Å². The van der Waals surface area contributed by atoms with E-state index in [4.69, 9.17) is 0 Å². The van der Waals surface area contributed by atoms with Crippen LogP contribution in [-0.4, -0.2) is 11.2 Å². The van der Waals surface area contributed by atoms with Gasteiger partial charge >= 0.3 is 0 Å². The zero-order valence-electron chi connectivity index (χ0n) is 11.3. The van der Waals surface area contributed by atoms with Crippen molar-refractivity contribution in [2.24, 2.45) is 0 Å². The third-order valence-corrected chi connectivity index (χ3v) is 4.45. The molecule has 2 aromatic carbocycles. The fourth-order valence-electron chi connectivity index (χ4n) is 2.96. The number of benzene rings is 2. The SMILES string of the molecule is Cc1ccccc1CC(O)C1(c2ccccc2)CC1. The van der Waals surface area contributed by atoms with E-state index in [1.165, 1.54) is 16.7 Å². The van der Waals surface area contributed by atoms with Gasteiger partial charge in [-0.2, -0.15) is 0 Å². The Morgan fingerprint density at radius 2 is 1.63 bits per heavy atom. The van der Waals surface area contributed by atoms with Gasteiger partial charge in [-0.1, -0.05) is 54.6 Å². The molecule has 3 rings (SSSR count). The lowest BCUT2D eigenvalue weighted by Gasteiger charge is -2.23. The van der Waals surface area contributed by atoms with Crippen molar-refractivity contribution in [1.82, 2.24) is 0 Å². The zero-order valence-corrected chi connectivity index (χ0v) is 11.3. The topological polar surface area (TPSA) is 20.2 Å². The van der Waals surface area contributed by atoms with Crippen LogP contribution in [0.3, 0.4) is 0 Å². The highest BCUT2D eigenvalue weighted by Gasteiger charge is 2.49. The van der Waals surface area contributed by atoms with Crippen LogP contribution in [0.25, 0.3) is 0 Å². The second kappa shape index (κ2) is 4.82. The van der Waals surface area contributed by atoms with Crippen molar-refractivity contribution < 1.29 is 5.11 Å². The molecule has 0 radical (unpaired) electrons. The molecule has 19 heavy (non-hydrogen) atoms. The van der Waals surface area contributed by atoms with Gasteiger partial charge in [0.2, 0.25) is 0 Å². The van der Waals surface area contributed by atoms with Gasteiger partial charge in [0.15, 0.2) is 0 Å². The predicted octanol–water partition coefficient (Wildman–Crippen LogP) is 3.63. The second-order valence-corrected chi connectivity index (χ2v) is 5.67. The highest BCUT2D eigenvalue weighted by atomic mass is 16.3. The smallest absolute Gasteiger partial charge is 0.0677 e. The van der Waals surface area contributed by atoms with Crippen LogP contribution >= 0.6 is 0 Å². The van der Waals surface area contributed by atoms with E-state index < -0.39 is 0 Å². The minimum atomic E-state index is -0.281. The molecule has 1 unspecified atom stereocenters. The van der Waals surface area contributed by atoms with Crippen LogP contribution in [0.5, 0.6) is 0 Å². The van der Waals surface area contributed by atoms with Crippen LogP contribution in [0.15, 0.2) is 54.6 Å². The highest BCUT2D eigenvalue weighted by molar-refractivity contribution is 5.35. The molecular formula is C18H20O. The molecule has 0 heterocycles. The molecule has 1 heteroatoms. The summed E-state index contributed by atoms with van der Waals surface area (Å²) in [4.78, 5) is 0. The monoisotopic (exact) mass is 252 g/mol. The van der Waals surface area contributed by atoms with Crippen molar-refractivity contribution in [3.63, 3.8) is 0 Å². The molecule has 2 aromatic rings. The van der Waals surface area contributed by atoms with Crippen LogP contribution in [0, 0.1) is 6.92 Å². The van der Waals surface area contributed by atoms with Crippen molar-refractivity contribution in [3.8, 4) is 0 Å². The number of hydrogen-bond acceptors (Lipinski definition) is 1. The Morgan fingerprint density at radius 1 is 1.00 bits per heavy atom. The largest absolute Gasteiger partial charge is 0.392 e. The molecule has 1 N–H and O–H groups in total. The Morgan fingerprint density at radius 3 is 2.26 bits per heavy atom. The van der Waals surface area contributed by atoms with E-state index in [0.29, 0.717) is 0 Å². The number of aliphatic hydroxyl groups is 1. The third-order valence-electron chi connectivity index (χ3n) is 4.45. The first kappa shape index (κ1) is 12.4. The van der Waals surface area contributed by atoms with Gasteiger partial charge in [0, 0.05) is 5.41 Å². The van der Waals surface area contributed by atoms with Gasteiger partial charge in [-0.15, -0.1) is 0 Å². The molecule has 0 aromatic heterocycles. The molecule has 1 nitrogen and oxygen atoms in total. The van der Waals surface area contributed by atoms with E-state index in [1.807, 2.05) is 6.07 Å². The molecule has 0 bridgehead atoms. The molecule has 0 spiro atoms. The van der Waals surface area contributed by atoms with Crippen molar-refractivity contribution >= 4 is 0 Å². The first-order chi connectivity index (χ1) is 9.22. The Kier molecular flexibility index (Phi) is 3.16. The van der Waals surface area contributed by atoms with E-state index in [2.05, 4.69) is 55.5 Å². The van der Waals surface area contributed by atoms with Crippen LogP contribution in [0.4, 0.5) is 0 Å². The van der Waals surface area contributed by atoms with Crippen LogP contribution in [-0.2, 0) is 11.8 Å². The molecule has 1 saturated carbocycles. The summed E-state index contributed by atoms with van der Waals surface area (Å²) in [6.07, 6.45) is 2.67. The molecular weight excluding hydrogens is 232 g/mol. The third kappa shape index (κ3) is 2.31. The lowest BCUT2D eigenvalue weighted by molar-refractivity contribution is 0.131. The van der Waals surface area contributed by atoms with Gasteiger partial charge in [0.25, 0.3) is 0 Å². The molecule has 0 aliphatic heterocycles. The summed E-state index contributed by atoms with van der Waals surface area (Å²) in [5, 5.41) is 10.7. The van der Waals surface area contributed by atoms with E-state index in [1.54, 1.807) is 0 Å². The maximum Gasteiger partial charge on any atom is 0.0677 e. The molecule has 98 valence electrons. The van der Waals surface area contributed by atoms with Crippen LogP contribution in [0.2, 0.25) is 0 Å². The lowest BCUT2D eigenvalue weighted by atomic mass is 9.86. The average molecular weight is 252 g/mol. The minimum absolute atomic E-state index is 0.00351. The maximum absolute atomic E-state index is 10.7. The summed E-state index contributed by atoms with van der Waals surface area (Å²) in [5.41, 5.74) is 3.82. The van der Waals surface area contributed by atoms with Gasteiger partial charge in [0.1, 0.15) is 0 Å². The zero-order chi connectivity index (χ0) is 13.3. The van der Waals surface area contributed by atoms with Gasteiger partial charge in [-0.25, -0.2) is 0 Å². The number of aryl methyl sites for hydroxylation is 1. The first-order valence-electron chi connectivity index (χ1n) is 7.00. The van der Waals surface area contributed by atoms with Gasteiger partial charge in [-0.05, 0) is 42.9 Å². The Bertz CT molecular complexity index is 555. The summed E-state index contributed by atoms with van der Waals surface area (Å²) >= 11 is 0. The standard InChI is InChI=1S/C18H20O/c1-14-7-5-6-8-15(14)13-17(19)18(11-12-18)16-9-3-2-4-10-16/h2-10,17,19H,11-13H2,1H3. The van der Waals surface area contributed by atoms with Crippen molar-refractivity contribution in [1.29, 1.82) is 0 Å². The molecule has 0 amide bonds. The summed E-state index contributed by atoms with van der Waals surface area (Å²) < 4.78 is 0. The van der Waals surface area contributed by atoms with Crippen molar-refractivity contribution in [2.75, 3.05) is 0 Å². The molecule has 1 aliphatic rings. The van der Waals surface area contributed by atoms with E-state index in [9.17, 15) is 5.11 Å². The maximum atomic E-state index is 10.7. The fourth-order valence-corrected chi connectivity index (χ4v) is 2.96. The molecule has 1 fully saturated rings. The quantitative estimate of drug-likeness (QED) is 0.881. The summed E-state index contributed by atoms with van der Waals surface area (Å²) in [6.45, 7) is 2.12. The normalized spacial score (nSPS) is 18.0. The predicted molar refractivity (Wildman–Crippen MR) is 78.2 cm³/mol. The summed E-state index contributed by atoms with van der Waals surface area (Å²) in [5.74, 6) is 0. The van der Waals surface area contributed by atoms with Crippen molar-refractivity contribution in [2.45, 2.75) is 37.7 Å². The molecule has 1 aliphatic carbocycles. The van der Waals surface area contributed by atoms with E-state index in [0.717, 1.165) is 19.3 Å². The lowest BCUT2D eigenvalue weighted by Crippen LogP contribution is -2.28. The minimum Gasteiger partial charge on any atom is -0.392 e. The Balaban J connectivity index is 1.82. The van der Waals surface area contributed by atoms with Gasteiger partial charge < -0.3 is 5.11 Å². The Hall–Kier alpha value is -1.60. The van der Waals surface area contributed by atoms with E-state index >= 15 is 0 Å². The molecule has 1 atom stereocenters. The fraction of sp³-hybridized carbons (Fsp3) is 0.333. The summed E-state index contributed by atoms with van der Waals surface area (Å²) in [6, 6.07) is 18.8. The van der Waals surface area contributed by atoms with Crippen LogP contribution in [0.1, 0.15) is 29.5 Å². The first-order valence-corrected chi connectivity index (χ1v) is 7.00. The van der Waals surface area contributed by atoms with E-state index in [-0.39, 0.29) is 11.5 Å². The number of rotatable bonds is 4. The van der Waals surface area contributed by atoms with Crippen LogP contribution < -0.4 is 0 Å².